The molecule has 0 saturated carbocycles. The van der Waals surface area contributed by atoms with Crippen molar-refractivity contribution in [2.24, 2.45) is 5.73 Å². The second kappa shape index (κ2) is 4.59. The molecule has 0 bridgehead atoms. The molecule has 0 aromatic heterocycles. The molecule has 0 aromatic rings. The SMILES string of the molecule is NC(=O)CNC(=O)C1CCCN1C=O. The molecular formula is C8H13N3O3. The van der Waals surface area contributed by atoms with E-state index >= 15 is 0 Å². The van der Waals surface area contributed by atoms with Gasteiger partial charge in [0.1, 0.15) is 6.04 Å². The van der Waals surface area contributed by atoms with Gasteiger partial charge in [-0.05, 0) is 12.8 Å². The minimum atomic E-state index is -0.589. The molecule has 6 heteroatoms. The Morgan fingerprint density at radius 2 is 2.29 bits per heavy atom. The Hall–Kier alpha value is -1.59. The number of carbonyl (C=O) groups excluding carboxylic acids is 3. The molecule has 6 nitrogen and oxygen atoms in total. The van der Waals surface area contributed by atoms with Crippen LogP contribution in [0, 0.1) is 0 Å². The predicted octanol–water partition coefficient (Wildman–Crippen LogP) is -1.79. The highest BCUT2D eigenvalue weighted by Crippen LogP contribution is 2.14. The molecule has 3 amide bonds. The van der Waals surface area contributed by atoms with E-state index in [-0.39, 0.29) is 12.5 Å². The largest absolute Gasteiger partial charge is 0.368 e. The second-order valence-electron chi connectivity index (χ2n) is 3.19. The normalized spacial score (nSPS) is 20.6. The number of primary amides is 1. The minimum absolute atomic E-state index is 0.179. The van der Waals surface area contributed by atoms with E-state index in [0.29, 0.717) is 19.4 Å². The highest BCUT2D eigenvalue weighted by molar-refractivity contribution is 5.88. The number of nitrogens with one attached hydrogen (secondary N) is 1. The van der Waals surface area contributed by atoms with Crippen LogP contribution in [0.3, 0.4) is 0 Å². The summed E-state index contributed by atoms with van der Waals surface area (Å²) >= 11 is 0. The van der Waals surface area contributed by atoms with Gasteiger partial charge in [0.25, 0.3) is 0 Å². The van der Waals surface area contributed by atoms with Crippen LogP contribution >= 0.6 is 0 Å². The molecule has 0 spiro atoms. The molecule has 1 fully saturated rings. The fourth-order valence-electron chi connectivity index (χ4n) is 1.49. The van der Waals surface area contributed by atoms with Gasteiger partial charge in [-0.25, -0.2) is 0 Å². The van der Waals surface area contributed by atoms with Crippen molar-refractivity contribution in [2.75, 3.05) is 13.1 Å². The van der Waals surface area contributed by atoms with Gasteiger partial charge in [0.15, 0.2) is 0 Å². The van der Waals surface area contributed by atoms with Crippen molar-refractivity contribution in [1.29, 1.82) is 0 Å². The number of likely N-dealkylation sites (tertiary alicyclic amines) is 1. The second-order valence-corrected chi connectivity index (χ2v) is 3.19. The molecule has 1 unspecified atom stereocenters. The average Bonchev–Trinajstić information content (AvgIpc) is 2.61. The summed E-state index contributed by atoms with van der Waals surface area (Å²) in [5, 5.41) is 2.37. The zero-order chi connectivity index (χ0) is 10.6. The fourth-order valence-corrected chi connectivity index (χ4v) is 1.49. The number of hydrogen-bond donors (Lipinski definition) is 2. The predicted molar refractivity (Wildman–Crippen MR) is 48.0 cm³/mol. The van der Waals surface area contributed by atoms with E-state index in [1.165, 1.54) is 4.90 Å². The zero-order valence-electron chi connectivity index (χ0n) is 7.73. The fraction of sp³-hybridized carbons (Fsp3) is 0.625. The van der Waals surface area contributed by atoms with Crippen LogP contribution in [-0.4, -0.2) is 42.3 Å². The van der Waals surface area contributed by atoms with Gasteiger partial charge in [-0.3, -0.25) is 14.4 Å². The van der Waals surface area contributed by atoms with Crippen LogP contribution in [0.15, 0.2) is 0 Å². The first-order chi connectivity index (χ1) is 6.65. The highest BCUT2D eigenvalue weighted by atomic mass is 16.2. The summed E-state index contributed by atoms with van der Waals surface area (Å²) in [5.41, 5.74) is 4.87. The van der Waals surface area contributed by atoms with Crippen molar-refractivity contribution in [3.8, 4) is 0 Å². The maximum absolute atomic E-state index is 11.4. The van der Waals surface area contributed by atoms with E-state index < -0.39 is 11.9 Å². The molecule has 0 radical (unpaired) electrons. The topological polar surface area (TPSA) is 92.5 Å². The average molecular weight is 199 g/mol. The van der Waals surface area contributed by atoms with Crippen LogP contribution in [0.25, 0.3) is 0 Å². The Morgan fingerprint density at radius 3 is 2.86 bits per heavy atom. The Balaban J connectivity index is 2.43. The van der Waals surface area contributed by atoms with Crippen LogP contribution in [-0.2, 0) is 14.4 Å². The van der Waals surface area contributed by atoms with Crippen LogP contribution in [0.1, 0.15) is 12.8 Å². The molecule has 14 heavy (non-hydrogen) atoms. The van der Waals surface area contributed by atoms with Crippen LogP contribution in [0.2, 0.25) is 0 Å². The van der Waals surface area contributed by atoms with Crippen LogP contribution in [0.4, 0.5) is 0 Å². The molecular weight excluding hydrogens is 186 g/mol. The van der Waals surface area contributed by atoms with Crippen LogP contribution in [0.5, 0.6) is 0 Å². The van der Waals surface area contributed by atoms with Gasteiger partial charge in [-0.1, -0.05) is 0 Å². The van der Waals surface area contributed by atoms with E-state index in [2.05, 4.69) is 5.32 Å². The van der Waals surface area contributed by atoms with Gasteiger partial charge in [0, 0.05) is 6.54 Å². The number of amides is 3. The number of rotatable bonds is 4. The summed E-state index contributed by atoms with van der Waals surface area (Å²) in [6.45, 7) is 0.417. The van der Waals surface area contributed by atoms with E-state index in [1.807, 2.05) is 0 Å². The quantitative estimate of drug-likeness (QED) is 0.524. The lowest BCUT2D eigenvalue weighted by Crippen LogP contribution is -2.45. The van der Waals surface area contributed by atoms with Crippen molar-refractivity contribution >= 4 is 18.2 Å². The molecule has 78 valence electrons. The van der Waals surface area contributed by atoms with Gasteiger partial charge >= 0.3 is 0 Å². The number of carbonyl (C=O) groups is 3. The zero-order valence-corrected chi connectivity index (χ0v) is 7.73. The molecule has 1 heterocycles. The lowest BCUT2D eigenvalue weighted by molar-refractivity contribution is -0.132. The van der Waals surface area contributed by atoms with Gasteiger partial charge in [-0.2, -0.15) is 0 Å². The van der Waals surface area contributed by atoms with Crippen LogP contribution < -0.4 is 11.1 Å². The minimum Gasteiger partial charge on any atom is -0.368 e. The molecule has 0 aliphatic carbocycles. The first-order valence-electron chi connectivity index (χ1n) is 4.42. The first kappa shape index (κ1) is 10.5. The Labute approximate surface area is 81.4 Å². The van der Waals surface area contributed by atoms with E-state index in [1.54, 1.807) is 0 Å². The van der Waals surface area contributed by atoms with E-state index in [9.17, 15) is 14.4 Å². The Bertz CT molecular complexity index is 254. The molecule has 1 saturated heterocycles. The van der Waals surface area contributed by atoms with Gasteiger partial charge in [0.2, 0.25) is 18.2 Å². The molecule has 3 N–H and O–H groups in total. The molecule has 0 aromatic carbocycles. The third-order valence-corrected chi connectivity index (χ3v) is 2.17. The third-order valence-electron chi connectivity index (χ3n) is 2.17. The number of nitrogens with zero attached hydrogens (tertiary/aromatic N) is 1. The van der Waals surface area contributed by atoms with E-state index in [4.69, 9.17) is 5.73 Å². The van der Waals surface area contributed by atoms with Gasteiger partial charge < -0.3 is 16.0 Å². The summed E-state index contributed by atoms with van der Waals surface area (Å²) < 4.78 is 0. The first-order valence-corrected chi connectivity index (χ1v) is 4.42. The van der Waals surface area contributed by atoms with Crippen molar-refractivity contribution in [3.63, 3.8) is 0 Å². The maximum Gasteiger partial charge on any atom is 0.243 e. The summed E-state index contributed by atoms with van der Waals surface area (Å²) in [4.78, 5) is 33.7. The summed E-state index contributed by atoms with van der Waals surface area (Å²) in [6, 6.07) is -0.438. The number of hydrogen-bond acceptors (Lipinski definition) is 3. The molecule has 1 atom stereocenters. The summed E-state index contributed by atoms with van der Waals surface area (Å²) in [5.74, 6) is -0.901. The molecule has 1 aliphatic heterocycles. The monoisotopic (exact) mass is 199 g/mol. The van der Waals surface area contributed by atoms with Gasteiger partial charge in [0.05, 0.1) is 6.54 Å². The Morgan fingerprint density at radius 1 is 1.57 bits per heavy atom. The Kier molecular flexibility index (Phi) is 3.44. The molecule has 1 aliphatic rings. The van der Waals surface area contributed by atoms with Crippen molar-refractivity contribution in [3.05, 3.63) is 0 Å². The maximum atomic E-state index is 11.4. The third kappa shape index (κ3) is 2.45. The lowest BCUT2D eigenvalue weighted by atomic mass is 10.2. The summed E-state index contributed by atoms with van der Waals surface area (Å²) in [7, 11) is 0. The van der Waals surface area contributed by atoms with Crippen molar-refractivity contribution in [2.45, 2.75) is 18.9 Å². The standard InChI is InChI=1S/C8H13N3O3/c9-7(13)4-10-8(14)6-2-1-3-11(6)5-12/h5-6H,1-4H2,(H2,9,13)(H,10,14). The summed E-state index contributed by atoms with van der Waals surface area (Å²) in [6.07, 6.45) is 2.11. The van der Waals surface area contributed by atoms with Gasteiger partial charge in [-0.15, -0.1) is 0 Å². The number of nitrogens with two attached hydrogens (primary N) is 1. The van der Waals surface area contributed by atoms with Crippen molar-refractivity contribution in [1.82, 2.24) is 10.2 Å². The lowest BCUT2D eigenvalue weighted by Gasteiger charge is -2.18. The van der Waals surface area contributed by atoms with Crippen molar-refractivity contribution < 1.29 is 14.4 Å². The highest BCUT2D eigenvalue weighted by Gasteiger charge is 2.29. The van der Waals surface area contributed by atoms with E-state index in [0.717, 1.165) is 6.42 Å². The molecule has 1 rings (SSSR count). The smallest absolute Gasteiger partial charge is 0.243 e.